The Balaban J connectivity index is 1.44. The summed E-state index contributed by atoms with van der Waals surface area (Å²) in [5.74, 6) is 0. The Bertz CT molecular complexity index is 664. The molecular weight excluding hydrogens is 272 g/mol. The molecule has 0 atom stereocenters. The zero-order valence-corrected chi connectivity index (χ0v) is 12.9. The monoisotopic (exact) mass is 294 g/mol. The van der Waals surface area contributed by atoms with Crippen LogP contribution in [0.1, 0.15) is 37.7 Å². The lowest BCUT2D eigenvalue weighted by molar-refractivity contribution is -0.0309. The molecule has 4 aliphatic rings. The van der Waals surface area contributed by atoms with Crippen molar-refractivity contribution in [3.63, 3.8) is 0 Å². The maximum Gasteiger partial charge on any atom is 0.111 e. The summed E-state index contributed by atoms with van der Waals surface area (Å²) in [6.45, 7) is 3.34. The van der Waals surface area contributed by atoms with Gasteiger partial charge in [0.1, 0.15) is 5.60 Å². The minimum atomic E-state index is -0.121. The molecule has 3 heteroatoms. The fourth-order valence-corrected chi connectivity index (χ4v) is 4.53. The molecule has 1 aliphatic carbocycles. The van der Waals surface area contributed by atoms with E-state index in [4.69, 9.17) is 9.73 Å². The van der Waals surface area contributed by atoms with E-state index >= 15 is 0 Å². The van der Waals surface area contributed by atoms with Gasteiger partial charge in [-0.3, -0.25) is 0 Å². The largest absolute Gasteiger partial charge is 0.365 e. The lowest BCUT2D eigenvalue weighted by atomic mass is 9.74. The molecule has 1 saturated heterocycles. The lowest BCUT2D eigenvalue weighted by Gasteiger charge is -2.47. The van der Waals surface area contributed by atoms with Crippen molar-refractivity contribution in [2.24, 2.45) is 4.99 Å². The molecule has 0 radical (unpaired) electrons. The smallest absolute Gasteiger partial charge is 0.111 e. The van der Waals surface area contributed by atoms with E-state index in [1.54, 1.807) is 0 Å². The van der Waals surface area contributed by atoms with Crippen LogP contribution in [0.2, 0.25) is 0 Å². The third-order valence-electron chi connectivity index (χ3n) is 5.93. The molecule has 0 amide bonds. The van der Waals surface area contributed by atoms with E-state index < -0.39 is 0 Å². The summed E-state index contributed by atoms with van der Waals surface area (Å²) in [7, 11) is 0. The van der Waals surface area contributed by atoms with E-state index in [9.17, 15) is 0 Å². The van der Waals surface area contributed by atoms with Gasteiger partial charge in [0.15, 0.2) is 0 Å². The zero-order chi connectivity index (χ0) is 14.6. The highest BCUT2D eigenvalue weighted by Crippen LogP contribution is 2.47. The van der Waals surface area contributed by atoms with E-state index in [0.717, 1.165) is 31.2 Å². The summed E-state index contributed by atoms with van der Waals surface area (Å²) in [5, 5.41) is 0. The number of aliphatic imine (C=N–C) groups is 1. The van der Waals surface area contributed by atoms with Gasteiger partial charge in [-0.05, 0) is 57.3 Å². The molecule has 1 aromatic carbocycles. The second kappa shape index (κ2) is 4.77. The first-order chi connectivity index (χ1) is 10.9. The first-order valence-electron chi connectivity index (χ1n) is 8.63. The van der Waals surface area contributed by atoms with Crippen molar-refractivity contribution in [1.29, 1.82) is 0 Å². The summed E-state index contributed by atoms with van der Waals surface area (Å²) in [4.78, 5) is 7.61. The molecule has 114 valence electrons. The first kappa shape index (κ1) is 13.0. The van der Waals surface area contributed by atoms with Crippen molar-refractivity contribution in [2.75, 3.05) is 19.7 Å². The number of benzene rings is 1. The Morgan fingerprint density at radius 2 is 1.95 bits per heavy atom. The van der Waals surface area contributed by atoms with Gasteiger partial charge in [-0.2, -0.15) is 0 Å². The minimum absolute atomic E-state index is 0.121. The van der Waals surface area contributed by atoms with E-state index in [1.807, 2.05) is 0 Å². The molecule has 0 N–H and O–H groups in total. The number of fused-ring (bicyclic) bond motifs is 4. The van der Waals surface area contributed by atoms with Gasteiger partial charge in [0.05, 0.1) is 18.0 Å². The van der Waals surface area contributed by atoms with Crippen molar-refractivity contribution in [3.8, 4) is 0 Å². The zero-order valence-electron chi connectivity index (χ0n) is 12.9. The Kier molecular flexibility index (Phi) is 2.83. The fourth-order valence-electron chi connectivity index (χ4n) is 4.53. The second-order valence-electron chi connectivity index (χ2n) is 7.02. The Hall–Kier alpha value is -1.45. The van der Waals surface area contributed by atoms with Gasteiger partial charge in [-0.1, -0.05) is 18.2 Å². The average Bonchev–Trinajstić information content (AvgIpc) is 2.89. The number of rotatable bonds is 1. The van der Waals surface area contributed by atoms with Gasteiger partial charge in [0, 0.05) is 17.2 Å². The molecule has 0 unspecified atom stereocenters. The fraction of sp³-hybridized carbons (Fsp3) is 0.526. The van der Waals surface area contributed by atoms with Crippen molar-refractivity contribution in [2.45, 2.75) is 43.7 Å². The highest BCUT2D eigenvalue weighted by atomic mass is 16.5. The predicted molar refractivity (Wildman–Crippen MR) is 88.6 cm³/mol. The molecule has 0 bridgehead atoms. The minimum Gasteiger partial charge on any atom is -0.365 e. The van der Waals surface area contributed by atoms with Crippen LogP contribution in [0.4, 0.5) is 5.69 Å². The summed E-state index contributed by atoms with van der Waals surface area (Å²) < 4.78 is 6.31. The van der Waals surface area contributed by atoms with Crippen LogP contribution < -0.4 is 0 Å². The van der Waals surface area contributed by atoms with Gasteiger partial charge in [0.25, 0.3) is 0 Å². The quantitative estimate of drug-likeness (QED) is 0.791. The molecule has 1 aromatic rings. The van der Waals surface area contributed by atoms with Gasteiger partial charge in [-0.15, -0.1) is 0 Å². The van der Waals surface area contributed by atoms with Crippen molar-refractivity contribution < 1.29 is 4.74 Å². The Morgan fingerprint density at radius 1 is 1.14 bits per heavy atom. The topological polar surface area (TPSA) is 24.8 Å². The van der Waals surface area contributed by atoms with Crippen molar-refractivity contribution in [1.82, 2.24) is 4.90 Å². The molecule has 1 saturated carbocycles. The van der Waals surface area contributed by atoms with E-state index in [2.05, 4.69) is 35.2 Å². The third-order valence-corrected chi connectivity index (χ3v) is 5.93. The number of nitrogens with zero attached hydrogens (tertiary/aromatic N) is 2. The van der Waals surface area contributed by atoms with Crippen LogP contribution in [0.15, 0.2) is 35.3 Å². The van der Waals surface area contributed by atoms with Crippen molar-refractivity contribution in [3.05, 3.63) is 35.9 Å². The van der Waals surface area contributed by atoms with Crippen LogP contribution in [0, 0.1) is 0 Å². The lowest BCUT2D eigenvalue weighted by Crippen LogP contribution is -2.53. The molecular formula is C19H22N2O. The number of ether oxygens (including phenoxy) is 1. The molecule has 3 aliphatic heterocycles. The second-order valence-corrected chi connectivity index (χ2v) is 7.02. The molecule has 3 heterocycles. The molecule has 0 aromatic heterocycles. The SMILES string of the molecule is C1=C2C(=Nc3ccccc32)C2(CCC(N3CCC3)CC2)OC1. The number of likely N-dealkylation sites (tertiary alicyclic amines) is 1. The van der Waals surface area contributed by atoms with Crippen LogP contribution in [-0.4, -0.2) is 42.0 Å². The number of hydrogen-bond acceptors (Lipinski definition) is 3. The van der Waals surface area contributed by atoms with Gasteiger partial charge in [0.2, 0.25) is 0 Å². The molecule has 3 nitrogen and oxygen atoms in total. The van der Waals surface area contributed by atoms with Crippen molar-refractivity contribution >= 4 is 17.0 Å². The van der Waals surface area contributed by atoms with Gasteiger partial charge < -0.3 is 9.64 Å². The highest BCUT2D eigenvalue weighted by molar-refractivity contribution is 6.32. The Morgan fingerprint density at radius 3 is 2.73 bits per heavy atom. The maximum atomic E-state index is 6.31. The Labute approximate surface area is 131 Å². The highest BCUT2D eigenvalue weighted by Gasteiger charge is 2.47. The standard InChI is InChI=1S/C19H22N2O/c1-2-5-17-15(4-1)16-8-13-22-19(18(16)20-17)9-6-14(7-10-19)21-11-3-12-21/h1-2,4-5,8,14H,3,6-7,9-13H2. The van der Waals surface area contributed by atoms with Crippen LogP contribution in [-0.2, 0) is 4.74 Å². The summed E-state index contributed by atoms with van der Waals surface area (Å²) in [5.41, 5.74) is 4.85. The van der Waals surface area contributed by atoms with E-state index in [1.165, 1.54) is 49.2 Å². The van der Waals surface area contributed by atoms with Crippen LogP contribution in [0.25, 0.3) is 5.57 Å². The first-order valence-corrected chi connectivity index (χ1v) is 8.63. The number of hydrogen-bond donors (Lipinski definition) is 0. The molecule has 1 spiro atoms. The molecule has 2 fully saturated rings. The van der Waals surface area contributed by atoms with E-state index in [0.29, 0.717) is 0 Å². The van der Waals surface area contributed by atoms with Crippen LogP contribution in [0.5, 0.6) is 0 Å². The van der Waals surface area contributed by atoms with Gasteiger partial charge in [-0.25, -0.2) is 4.99 Å². The van der Waals surface area contributed by atoms with E-state index in [-0.39, 0.29) is 5.60 Å². The molecule has 22 heavy (non-hydrogen) atoms. The predicted octanol–water partition coefficient (Wildman–Crippen LogP) is 3.57. The summed E-state index contributed by atoms with van der Waals surface area (Å²) >= 11 is 0. The number of para-hydroxylation sites is 1. The normalized spacial score (nSPS) is 33.7. The van der Waals surface area contributed by atoms with Crippen LogP contribution in [0.3, 0.4) is 0 Å². The van der Waals surface area contributed by atoms with Crippen LogP contribution >= 0.6 is 0 Å². The maximum absolute atomic E-state index is 6.31. The average molecular weight is 294 g/mol. The molecule has 5 rings (SSSR count). The summed E-state index contributed by atoms with van der Waals surface area (Å²) in [6.07, 6.45) is 8.35. The summed E-state index contributed by atoms with van der Waals surface area (Å²) in [6, 6.07) is 9.29. The third kappa shape index (κ3) is 1.79. The van der Waals surface area contributed by atoms with Gasteiger partial charge >= 0.3 is 0 Å².